The Bertz CT molecular complexity index is 667. The predicted octanol–water partition coefficient (Wildman–Crippen LogP) is 4.76. The fraction of sp³-hybridized carbons (Fsp3) is 0.0769. The summed E-state index contributed by atoms with van der Waals surface area (Å²) in [5, 5.41) is 14.2. The van der Waals surface area contributed by atoms with Crippen LogP contribution >= 0.6 is 27.5 Å². The number of hydrogen-bond donors (Lipinski definition) is 1. The van der Waals surface area contributed by atoms with E-state index in [1.807, 2.05) is 0 Å². The highest BCUT2D eigenvalue weighted by molar-refractivity contribution is 9.10. The number of halogens is 3. The highest BCUT2D eigenvalue weighted by atomic mass is 79.9. The van der Waals surface area contributed by atoms with Crippen LogP contribution in [-0.4, -0.2) is 4.92 Å². The molecule has 0 radical (unpaired) electrons. The number of benzene rings is 2. The van der Waals surface area contributed by atoms with Gasteiger partial charge in [0, 0.05) is 28.3 Å². The summed E-state index contributed by atoms with van der Waals surface area (Å²) < 4.78 is 14.6. The van der Waals surface area contributed by atoms with Crippen LogP contribution in [0.4, 0.5) is 15.8 Å². The molecule has 0 aliphatic rings. The number of nitrogens with one attached hydrogen (secondary N) is 1. The van der Waals surface area contributed by atoms with Gasteiger partial charge in [0.1, 0.15) is 0 Å². The van der Waals surface area contributed by atoms with Gasteiger partial charge in [0.05, 0.1) is 9.95 Å². The van der Waals surface area contributed by atoms with Gasteiger partial charge >= 0.3 is 5.69 Å². The van der Waals surface area contributed by atoms with Crippen LogP contribution in [0.25, 0.3) is 0 Å². The first-order chi connectivity index (χ1) is 9.49. The quantitative estimate of drug-likeness (QED) is 0.632. The monoisotopic (exact) mass is 358 g/mol. The predicted molar refractivity (Wildman–Crippen MR) is 79.5 cm³/mol. The Morgan fingerprint density at radius 2 is 2.10 bits per heavy atom. The number of nitrogens with zero attached hydrogens (tertiary/aromatic N) is 1. The van der Waals surface area contributed by atoms with Crippen molar-refractivity contribution in [3.05, 3.63) is 67.4 Å². The first kappa shape index (κ1) is 14.7. The molecule has 0 amide bonds. The molecule has 2 aromatic carbocycles. The Hall–Kier alpha value is -1.66. The molecule has 2 aromatic rings. The highest BCUT2D eigenvalue weighted by Gasteiger charge is 2.16. The molecule has 0 saturated heterocycles. The summed E-state index contributed by atoms with van der Waals surface area (Å²) in [6, 6.07) is 9.27. The van der Waals surface area contributed by atoms with Crippen molar-refractivity contribution in [2.75, 3.05) is 5.32 Å². The van der Waals surface area contributed by atoms with Gasteiger partial charge in [-0.25, -0.2) is 0 Å². The normalized spacial score (nSPS) is 10.3. The molecule has 0 bridgehead atoms. The third-order valence-electron chi connectivity index (χ3n) is 2.66. The Kier molecular flexibility index (Phi) is 4.57. The molecule has 0 aliphatic heterocycles. The summed E-state index contributed by atoms with van der Waals surface area (Å²) in [6.07, 6.45) is 0. The average molecular weight is 360 g/mol. The van der Waals surface area contributed by atoms with Crippen LogP contribution in [0.5, 0.6) is 0 Å². The van der Waals surface area contributed by atoms with Crippen LogP contribution in [0.15, 0.2) is 40.9 Å². The van der Waals surface area contributed by atoms with E-state index in [-0.39, 0.29) is 12.1 Å². The minimum atomic E-state index is -0.821. The molecular formula is C13H9BrClFN2O2. The van der Waals surface area contributed by atoms with Crippen molar-refractivity contribution in [2.45, 2.75) is 6.54 Å². The summed E-state index contributed by atoms with van der Waals surface area (Å²) in [5.41, 5.74) is 0.430. The summed E-state index contributed by atoms with van der Waals surface area (Å²) in [7, 11) is 0. The van der Waals surface area contributed by atoms with Gasteiger partial charge in [-0.1, -0.05) is 23.7 Å². The molecule has 2 rings (SSSR count). The summed E-state index contributed by atoms with van der Waals surface area (Å²) in [4.78, 5) is 9.92. The molecule has 104 valence electrons. The third kappa shape index (κ3) is 3.26. The van der Waals surface area contributed by atoms with Gasteiger partial charge in [-0.05, 0) is 34.1 Å². The SMILES string of the molecule is O=[N+]([O-])c1cccc(CNc2ccc(Cl)c(Br)c2)c1F. The highest BCUT2D eigenvalue weighted by Crippen LogP contribution is 2.26. The fourth-order valence-corrected chi connectivity index (χ4v) is 2.14. The lowest BCUT2D eigenvalue weighted by molar-refractivity contribution is -0.387. The summed E-state index contributed by atoms with van der Waals surface area (Å²) in [5.74, 6) is -0.821. The second-order valence-corrected chi connectivity index (χ2v) is 5.25. The topological polar surface area (TPSA) is 55.2 Å². The van der Waals surface area contributed by atoms with Gasteiger partial charge in [-0.2, -0.15) is 4.39 Å². The molecule has 1 N–H and O–H groups in total. The molecule has 0 spiro atoms. The van der Waals surface area contributed by atoms with E-state index in [4.69, 9.17) is 11.6 Å². The lowest BCUT2D eigenvalue weighted by Crippen LogP contribution is -2.04. The van der Waals surface area contributed by atoms with Crippen molar-refractivity contribution in [3.63, 3.8) is 0 Å². The maximum atomic E-state index is 13.9. The Morgan fingerprint density at radius 3 is 2.75 bits per heavy atom. The Morgan fingerprint density at radius 1 is 1.35 bits per heavy atom. The van der Waals surface area contributed by atoms with Crippen molar-refractivity contribution in [1.82, 2.24) is 0 Å². The van der Waals surface area contributed by atoms with E-state index < -0.39 is 16.4 Å². The van der Waals surface area contributed by atoms with E-state index in [1.165, 1.54) is 12.1 Å². The molecule has 0 aliphatic carbocycles. The number of anilines is 1. The smallest absolute Gasteiger partial charge is 0.305 e. The van der Waals surface area contributed by atoms with E-state index in [9.17, 15) is 14.5 Å². The van der Waals surface area contributed by atoms with Gasteiger partial charge in [-0.15, -0.1) is 0 Å². The minimum absolute atomic E-state index is 0.140. The first-order valence-corrected chi connectivity index (χ1v) is 6.77. The maximum Gasteiger partial charge on any atom is 0.305 e. The molecule has 0 atom stereocenters. The molecular weight excluding hydrogens is 351 g/mol. The maximum absolute atomic E-state index is 13.9. The number of rotatable bonds is 4. The second kappa shape index (κ2) is 6.19. The fourth-order valence-electron chi connectivity index (χ4n) is 1.65. The third-order valence-corrected chi connectivity index (χ3v) is 3.87. The van der Waals surface area contributed by atoms with E-state index in [0.717, 1.165) is 11.8 Å². The van der Waals surface area contributed by atoms with Crippen molar-refractivity contribution < 1.29 is 9.31 Å². The van der Waals surface area contributed by atoms with Gasteiger partial charge in [0.2, 0.25) is 5.82 Å². The van der Waals surface area contributed by atoms with Crippen molar-refractivity contribution in [1.29, 1.82) is 0 Å². The molecule has 0 heterocycles. The molecule has 0 unspecified atom stereocenters. The van der Waals surface area contributed by atoms with Gasteiger partial charge in [0.15, 0.2) is 0 Å². The zero-order valence-electron chi connectivity index (χ0n) is 10.1. The average Bonchev–Trinajstić information content (AvgIpc) is 2.41. The number of hydrogen-bond acceptors (Lipinski definition) is 3. The van der Waals surface area contributed by atoms with Crippen LogP contribution < -0.4 is 5.32 Å². The largest absolute Gasteiger partial charge is 0.381 e. The zero-order chi connectivity index (χ0) is 14.7. The standard InChI is InChI=1S/C13H9BrClFN2O2/c14-10-6-9(4-5-11(10)15)17-7-8-2-1-3-12(13(8)16)18(19)20/h1-6,17H,7H2. The molecule has 0 fully saturated rings. The summed E-state index contributed by atoms with van der Waals surface area (Å²) >= 11 is 9.15. The molecule has 4 nitrogen and oxygen atoms in total. The second-order valence-electron chi connectivity index (χ2n) is 3.99. The minimum Gasteiger partial charge on any atom is -0.381 e. The van der Waals surface area contributed by atoms with Gasteiger partial charge < -0.3 is 5.32 Å². The number of nitro groups is 1. The molecule has 7 heteroatoms. The first-order valence-electron chi connectivity index (χ1n) is 5.59. The van der Waals surface area contributed by atoms with Crippen LogP contribution in [-0.2, 0) is 6.54 Å². The van der Waals surface area contributed by atoms with E-state index in [2.05, 4.69) is 21.2 Å². The van der Waals surface area contributed by atoms with E-state index in [1.54, 1.807) is 18.2 Å². The van der Waals surface area contributed by atoms with Crippen LogP contribution in [0.3, 0.4) is 0 Å². The van der Waals surface area contributed by atoms with Gasteiger partial charge in [0.25, 0.3) is 0 Å². The van der Waals surface area contributed by atoms with Crippen molar-refractivity contribution >= 4 is 38.9 Å². The van der Waals surface area contributed by atoms with Crippen molar-refractivity contribution in [3.8, 4) is 0 Å². The molecule has 0 saturated carbocycles. The van der Waals surface area contributed by atoms with Crippen molar-refractivity contribution in [2.24, 2.45) is 0 Å². The van der Waals surface area contributed by atoms with E-state index in [0.29, 0.717) is 9.50 Å². The number of nitro benzene ring substituents is 1. The molecule has 20 heavy (non-hydrogen) atoms. The van der Waals surface area contributed by atoms with Crippen LogP contribution in [0, 0.1) is 15.9 Å². The van der Waals surface area contributed by atoms with Crippen LogP contribution in [0.1, 0.15) is 5.56 Å². The Balaban J connectivity index is 2.17. The van der Waals surface area contributed by atoms with E-state index >= 15 is 0 Å². The lowest BCUT2D eigenvalue weighted by atomic mass is 10.2. The lowest BCUT2D eigenvalue weighted by Gasteiger charge is -2.08. The van der Waals surface area contributed by atoms with Crippen LogP contribution in [0.2, 0.25) is 5.02 Å². The molecule has 0 aromatic heterocycles. The Labute approximate surface area is 127 Å². The zero-order valence-corrected chi connectivity index (χ0v) is 12.4. The summed E-state index contributed by atoms with van der Waals surface area (Å²) in [6.45, 7) is 0.140. The van der Waals surface area contributed by atoms with Gasteiger partial charge in [-0.3, -0.25) is 10.1 Å².